The average Bonchev–Trinajstić information content (AvgIpc) is 3.05. The van der Waals surface area contributed by atoms with Crippen molar-refractivity contribution in [2.75, 3.05) is 11.9 Å². The van der Waals surface area contributed by atoms with Crippen LogP contribution in [0, 0.1) is 0 Å². The van der Waals surface area contributed by atoms with Crippen molar-refractivity contribution in [3.63, 3.8) is 0 Å². The van der Waals surface area contributed by atoms with E-state index in [2.05, 4.69) is 15.6 Å². The minimum Gasteiger partial charge on any atom is -0.349 e. The summed E-state index contributed by atoms with van der Waals surface area (Å²) in [5.74, 6) is -0.819. The van der Waals surface area contributed by atoms with Gasteiger partial charge in [-0.3, -0.25) is 9.59 Å². The van der Waals surface area contributed by atoms with Gasteiger partial charge in [0.25, 0.3) is 11.8 Å². The Bertz CT molecular complexity index is 890. The number of anilines is 1. The van der Waals surface area contributed by atoms with Crippen LogP contribution in [-0.2, 0) is 19.1 Å². The lowest BCUT2D eigenvalue weighted by molar-refractivity contribution is -0.137. The number of nitrogens with zero attached hydrogens (tertiary/aromatic N) is 2. The number of halogens is 3. The van der Waals surface area contributed by atoms with Gasteiger partial charge in [0.1, 0.15) is 0 Å². The molecule has 0 unspecified atom stereocenters. The van der Waals surface area contributed by atoms with Crippen molar-refractivity contribution in [1.29, 1.82) is 0 Å². The zero-order valence-electron chi connectivity index (χ0n) is 15.4. The monoisotopic (exact) mass is 394 g/mol. The summed E-state index contributed by atoms with van der Waals surface area (Å²) in [5, 5.41) is 5.22. The predicted octanol–water partition coefficient (Wildman–Crippen LogP) is 3.63. The molecule has 1 aliphatic heterocycles. The van der Waals surface area contributed by atoms with Crippen LogP contribution in [0.5, 0.6) is 0 Å². The van der Waals surface area contributed by atoms with E-state index in [9.17, 15) is 22.8 Å². The number of fused-ring (bicyclic) bond motifs is 1. The maximum Gasteiger partial charge on any atom is 0.416 e. The summed E-state index contributed by atoms with van der Waals surface area (Å²) in [6, 6.07) is 4.41. The van der Waals surface area contributed by atoms with Gasteiger partial charge in [-0.05, 0) is 43.9 Å². The lowest BCUT2D eigenvalue weighted by Gasteiger charge is -2.17. The Morgan fingerprint density at radius 2 is 2.00 bits per heavy atom. The molecule has 2 N–H and O–H groups in total. The van der Waals surface area contributed by atoms with E-state index in [1.807, 2.05) is 6.92 Å². The number of benzene rings is 1. The van der Waals surface area contributed by atoms with Gasteiger partial charge in [0, 0.05) is 18.8 Å². The smallest absolute Gasteiger partial charge is 0.349 e. The van der Waals surface area contributed by atoms with Gasteiger partial charge >= 0.3 is 6.18 Å². The fourth-order valence-corrected chi connectivity index (χ4v) is 3.18. The van der Waals surface area contributed by atoms with Crippen LogP contribution >= 0.6 is 0 Å². The molecule has 0 aliphatic carbocycles. The van der Waals surface area contributed by atoms with Gasteiger partial charge in [-0.15, -0.1) is 0 Å². The highest BCUT2D eigenvalue weighted by molar-refractivity contribution is 6.05. The van der Waals surface area contributed by atoms with Gasteiger partial charge in [-0.25, -0.2) is 4.98 Å². The highest BCUT2D eigenvalue weighted by atomic mass is 19.4. The van der Waals surface area contributed by atoms with Crippen LogP contribution in [0.1, 0.15) is 58.6 Å². The molecule has 0 saturated heterocycles. The molecule has 2 aromatic rings. The summed E-state index contributed by atoms with van der Waals surface area (Å²) < 4.78 is 40.4. The molecule has 2 heterocycles. The number of rotatable bonds is 5. The Hall–Kier alpha value is -2.84. The van der Waals surface area contributed by atoms with E-state index >= 15 is 0 Å². The molecule has 0 saturated carbocycles. The van der Waals surface area contributed by atoms with Crippen molar-refractivity contribution in [1.82, 2.24) is 14.9 Å². The van der Waals surface area contributed by atoms with E-state index in [1.54, 1.807) is 4.57 Å². The topological polar surface area (TPSA) is 76.0 Å². The molecule has 1 aromatic heterocycles. The van der Waals surface area contributed by atoms with Crippen molar-refractivity contribution in [3.8, 4) is 0 Å². The normalized spacial score (nSPS) is 13.7. The Morgan fingerprint density at radius 3 is 2.71 bits per heavy atom. The van der Waals surface area contributed by atoms with Crippen molar-refractivity contribution < 1.29 is 22.8 Å². The fraction of sp³-hybridized carbons (Fsp3) is 0.421. The van der Waals surface area contributed by atoms with Gasteiger partial charge in [0.2, 0.25) is 0 Å². The maximum absolute atomic E-state index is 12.9. The van der Waals surface area contributed by atoms with Gasteiger partial charge < -0.3 is 15.2 Å². The second kappa shape index (κ2) is 8.04. The van der Waals surface area contributed by atoms with Crippen molar-refractivity contribution in [2.24, 2.45) is 0 Å². The van der Waals surface area contributed by atoms with Crippen LogP contribution in [0.2, 0.25) is 0 Å². The van der Waals surface area contributed by atoms with Crippen LogP contribution in [-0.4, -0.2) is 27.9 Å². The molecular weight excluding hydrogens is 373 g/mol. The van der Waals surface area contributed by atoms with Gasteiger partial charge in [0.05, 0.1) is 11.3 Å². The molecule has 3 rings (SSSR count). The van der Waals surface area contributed by atoms with E-state index < -0.39 is 17.6 Å². The molecular formula is C19H21F3N4O2. The molecule has 2 amide bonds. The Labute approximate surface area is 160 Å². The third-order valence-corrected chi connectivity index (χ3v) is 4.52. The van der Waals surface area contributed by atoms with Gasteiger partial charge in [-0.1, -0.05) is 13.0 Å². The average molecular weight is 394 g/mol. The number of alkyl halides is 3. The van der Waals surface area contributed by atoms with E-state index in [-0.39, 0.29) is 23.1 Å². The summed E-state index contributed by atoms with van der Waals surface area (Å²) >= 11 is 0. The van der Waals surface area contributed by atoms with E-state index in [1.165, 1.54) is 12.1 Å². The molecule has 0 bridgehead atoms. The Morgan fingerprint density at radius 1 is 1.21 bits per heavy atom. The second-order valence-corrected chi connectivity index (χ2v) is 6.63. The van der Waals surface area contributed by atoms with Crippen LogP contribution < -0.4 is 10.6 Å². The molecule has 28 heavy (non-hydrogen) atoms. The van der Waals surface area contributed by atoms with E-state index in [4.69, 9.17) is 0 Å². The minimum atomic E-state index is -4.50. The van der Waals surface area contributed by atoms with Crippen LogP contribution in [0.25, 0.3) is 0 Å². The first-order valence-corrected chi connectivity index (χ1v) is 9.17. The zero-order chi connectivity index (χ0) is 20.3. The standard InChI is InChI=1S/C19H21F3N4O2/c1-2-9-23-18(28)16-25-15(14-8-3-4-10-26(14)16)17(27)24-13-7-5-6-12(11-13)19(20,21)22/h5-7,11H,2-4,8-10H2,1H3,(H,23,28)(H,24,27). The fourth-order valence-electron chi connectivity index (χ4n) is 3.18. The minimum absolute atomic E-state index is 0.0226. The summed E-state index contributed by atoms with van der Waals surface area (Å²) in [5.41, 5.74) is -0.109. The zero-order valence-corrected chi connectivity index (χ0v) is 15.4. The number of nitrogens with one attached hydrogen (secondary N) is 2. The highest BCUT2D eigenvalue weighted by Gasteiger charge is 2.31. The first-order valence-electron chi connectivity index (χ1n) is 9.17. The quantitative estimate of drug-likeness (QED) is 0.813. The summed E-state index contributed by atoms with van der Waals surface area (Å²) in [6.07, 6.45) is -1.43. The number of hydrogen-bond acceptors (Lipinski definition) is 3. The van der Waals surface area contributed by atoms with Gasteiger partial charge in [0.15, 0.2) is 11.5 Å². The van der Waals surface area contributed by atoms with Crippen LogP contribution in [0.3, 0.4) is 0 Å². The molecule has 0 radical (unpaired) electrons. The molecule has 0 fully saturated rings. The number of carbonyl (C=O) groups is 2. The number of amides is 2. The Kier molecular flexibility index (Phi) is 5.71. The molecule has 0 spiro atoms. The first kappa shape index (κ1) is 19.9. The third kappa shape index (κ3) is 4.18. The Balaban J connectivity index is 1.88. The molecule has 6 nitrogen and oxygen atoms in total. The number of imidazole rings is 1. The lowest BCUT2D eigenvalue weighted by Crippen LogP contribution is -2.28. The molecule has 0 atom stereocenters. The molecule has 1 aliphatic rings. The third-order valence-electron chi connectivity index (χ3n) is 4.52. The second-order valence-electron chi connectivity index (χ2n) is 6.63. The van der Waals surface area contributed by atoms with Crippen molar-refractivity contribution in [2.45, 2.75) is 45.3 Å². The van der Waals surface area contributed by atoms with E-state index in [0.717, 1.165) is 31.4 Å². The predicted molar refractivity (Wildman–Crippen MR) is 97.2 cm³/mol. The van der Waals surface area contributed by atoms with Gasteiger partial charge in [-0.2, -0.15) is 13.2 Å². The molecule has 150 valence electrons. The van der Waals surface area contributed by atoms with E-state index in [0.29, 0.717) is 25.2 Å². The SMILES string of the molecule is CCCNC(=O)c1nc(C(=O)Nc2cccc(C(F)(F)F)c2)c2n1CCCC2. The van der Waals surface area contributed by atoms with Crippen molar-refractivity contribution in [3.05, 3.63) is 47.0 Å². The largest absolute Gasteiger partial charge is 0.416 e. The maximum atomic E-state index is 12.9. The van der Waals surface area contributed by atoms with Crippen LogP contribution in [0.15, 0.2) is 24.3 Å². The molecule has 1 aromatic carbocycles. The number of carbonyl (C=O) groups excluding carboxylic acids is 2. The lowest BCUT2D eigenvalue weighted by atomic mass is 10.1. The van der Waals surface area contributed by atoms with Crippen LogP contribution in [0.4, 0.5) is 18.9 Å². The summed E-state index contributed by atoms with van der Waals surface area (Å²) in [6.45, 7) is 3.00. The number of hydrogen-bond donors (Lipinski definition) is 2. The molecule has 9 heteroatoms. The van der Waals surface area contributed by atoms with Crippen molar-refractivity contribution >= 4 is 17.5 Å². The first-order chi connectivity index (χ1) is 13.3. The number of aromatic nitrogens is 2. The highest BCUT2D eigenvalue weighted by Crippen LogP contribution is 2.31. The summed E-state index contributed by atoms with van der Waals surface area (Å²) in [7, 11) is 0. The summed E-state index contributed by atoms with van der Waals surface area (Å²) in [4.78, 5) is 29.3.